The van der Waals surface area contributed by atoms with E-state index in [1.807, 2.05) is 25.1 Å². The summed E-state index contributed by atoms with van der Waals surface area (Å²) in [7, 11) is -1.89. The first-order valence-electron chi connectivity index (χ1n) is 8.87. The summed E-state index contributed by atoms with van der Waals surface area (Å²) in [6.45, 7) is 6.49. The average Bonchev–Trinajstić information content (AvgIpc) is 2.68. The molecular formula is C20H26N2O3S. The molecule has 6 heteroatoms. The highest BCUT2D eigenvalue weighted by atomic mass is 32.2. The SMILES string of the molecule is COc1ccc(S(=O)(=O)N2CCN(C(C)c3ccccc3)CC2)cc1C. The molecule has 1 atom stereocenters. The minimum atomic E-state index is -3.47. The molecule has 3 rings (SSSR count). The standard InChI is InChI=1S/C20H26N2O3S/c1-16-15-19(9-10-20(16)25-3)26(23,24)22-13-11-21(12-14-22)17(2)18-7-5-4-6-8-18/h4-10,15,17H,11-14H2,1-3H3. The van der Waals surface area contributed by atoms with Crippen molar-refractivity contribution in [2.75, 3.05) is 33.3 Å². The monoisotopic (exact) mass is 374 g/mol. The Morgan fingerprint density at radius 1 is 1.00 bits per heavy atom. The molecule has 26 heavy (non-hydrogen) atoms. The van der Waals surface area contributed by atoms with Crippen LogP contribution in [0.1, 0.15) is 24.1 Å². The molecule has 5 nitrogen and oxygen atoms in total. The first-order chi connectivity index (χ1) is 12.4. The van der Waals surface area contributed by atoms with Gasteiger partial charge in [0.25, 0.3) is 0 Å². The fourth-order valence-electron chi connectivity index (χ4n) is 3.43. The molecule has 1 saturated heterocycles. The van der Waals surface area contributed by atoms with Gasteiger partial charge in [-0.25, -0.2) is 8.42 Å². The van der Waals surface area contributed by atoms with E-state index in [0.29, 0.717) is 23.7 Å². The van der Waals surface area contributed by atoms with Crippen LogP contribution in [0.3, 0.4) is 0 Å². The number of hydrogen-bond donors (Lipinski definition) is 0. The van der Waals surface area contributed by atoms with Gasteiger partial charge < -0.3 is 4.74 Å². The number of benzene rings is 2. The van der Waals surface area contributed by atoms with Crippen molar-refractivity contribution in [3.63, 3.8) is 0 Å². The fourth-order valence-corrected chi connectivity index (χ4v) is 4.94. The highest BCUT2D eigenvalue weighted by Crippen LogP contribution is 2.26. The minimum absolute atomic E-state index is 0.282. The minimum Gasteiger partial charge on any atom is -0.496 e. The van der Waals surface area contributed by atoms with Crippen molar-refractivity contribution in [1.29, 1.82) is 0 Å². The first kappa shape index (κ1) is 18.9. The van der Waals surface area contributed by atoms with Crippen molar-refractivity contribution in [3.8, 4) is 5.75 Å². The number of ether oxygens (including phenoxy) is 1. The Morgan fingerprint density at radius 2 is 1.65 bits per heavy atom. The molecule has 1 unspecified atom stereocenters. The van der Waals surface area contributed by atoms with Gasteiger partial charge in [0.1, 0.15) is 5.75 Å². The van der Waals surface area contributed by atoms with E-state index in [2.05, 4.69) is 24.0 Å². The Labute approximate surface area is 156 Å². The topological polar surface area (TPSA) is 49.9 Å². The molecular weight excluding hydrogens is 348 g/mol. The lowest BCUT2D eigenvalue weighted by Gasteiger charge is -2.37. The average molecular weight is 375 g/mol. The number of nitrogens with zero attached hydrogens (tertiary/aromatic N) is 2. The molecule has 0 saturated carbocycles. The second-order valence-corrected chi connectivity index (χ2v) is 8.60. The van der Waals surface area contributed by atoms with Gasteiger partial charge in [-0.05, 0) is 43.2 Å². The molecule has 1 aliphatic rings. The van der Waals surface area contributed by atoms with Crippen molar-refractivity contribution < 1.29 is 13.2 Å². The Balaban J connectivity index is 1.70. The number of rotatable bonds is 5. The number of aryl methyl sites for hydroxylation is 1. The van der Waals surface area contributed by atoms with Crippen LogP contribution in [-0.2, 0) is 10.0 Å². The Bertz CT molecular complexity index is 845. The van der Waals surface area contributed by atoms with Crippen LogP contribution < -0.4 is 4.74 Å². The summed E-state index contributed by atoms with van der Waals surface area (Å²) in [5.41, 5.74) is 2.08. The third-order valence-electron chi connectivity index (χ3n) is 5.11. The van der Waals surface area contributed by atoms with Crippen LogP contribution in [0.2, 0.25) is 0 Å². The number of methoxy groups -OCH3 is 1. The highest BCUT2D eigenvalue weighted by molar-refractivity contribution is 7.89. The quantitative estimate of drug-likeness (QED) is 0.807. The van der Waals surface area contributed by atoms with Gasteiger partial charge >= 0.3 is 0 Å². The second kappa shape index (κ2) is 7.78. The van der Waals surface area contributed by atoms with E-state index in [9.17, 15) is 8.42 Å². The third kappa shape index (κ3) is 3.77. The van der Waals surface area contributed by atoms with E-state index in [1.165, 1.54) is 5.56 Å². The van der Waals surface area contributed by atoms with Crippen molar-refractivity contribution in [1.82, 2.24) is 9.21 Å². The Hall–Kier alpha value is -1.89. The lowest BCUT2D eigenvalue weighted by molar-refractivity contribution is 0.146. The van der Waals surface area contributed by atoms with Crippen LogP contribution >= 0.6 is 0 Å². The van der Waals surface area contributed by atoms with Crippen LogP contribution in [0, 0.1) is 6.92 Å². The summed E-state index contributed by atoms with van der Waals surface area (Å²) in [6, 6.07) is 15.6. The van der Waals surface area contributed by atoms with Gasteiger partial charge in [0.2, 0.25) is 10.0 Å². The summed E-state index contributed by atoms with van der Waals surface area (Å²) < 4.78 is 32.7. The van der Waals surface area contributed by atoms with Gasteiger partial charge in [0.15, 0.2) is 0 Å². The molecule has 2 aromatic carbocycles. The highest BCUT2D eigenvalue weighted by Gasteiger charge is 2.30. The lowest BCUT2D eigenvalue weighted by Crippen LogP contribution is -2.49. The molecule has 0 amide bonds. The number of sulfonamides is 1. The van der Waals surface area contributed by atoms with Gasteiger partial charge in [-0.1, -0.05) is 30.3 Å². The van der Waals surface area contributed by atoms with Crippen molar-refractivity contribution in [2.45, 2.75) is 24.8 Å². The Kier molecular flexibility index (Phi) is 5.65. The predicted molar refractivity (Wildman–Crippen MR) is 103 cm³/mol. The summed E-state index contributed by atoms with van der Waals surface area (Å²) >= 11 is 0. The van der Waals surface area contributed by atoms with Gasteiger partial charge in [0.05, 0.1) is 12.0 Å². The normalized spacial score (nSPS) is 17.8. The van der Waals surface area contributed by atoms with Gasteiger partial charge in [-0.15, -0.1) is 0 Å². The van der Waals surface area contributed by atoms with E-state index >= 15 is 0 Å². The molecule has 0 radical (unpaired) electrons. The van der Waals surface area contributed by atoms with E-state index < -0.39 is 10.0 Å². The van der Waals surface area contributed by atoms with Crippen LogP contribution in [-0.4, -0.2) is 50.9 Å². The number of hydrogen-bond acceptors (Lipinski definition) is 4. The zero-order valence-electron chi connectivity index (χ0n) is 15.6. The summed E-state index contributed by atoms with van der Waals surface area (Å²) in [6.07, 6.45) is 0. The molecule has 1 fully saturated rings. The summed E-state index contributed by atoms with van der Waals surface area (Å²) in [5.74, 6) is 0.699. The first-order valence-corrected chi connectivity index (χ1v) is 10.3. The molecule has 0 spiro atoms. The summed E-state index contributed by atoms with van der Waals surface area (Å²) in [5, 5.41) is 0. The number of piperazine rings is 1. The van der Waals surface area contributed by atoms with Gasteiger partial charge in [-0.2, -0.15) is 4.31 Å². The van der Waals surface area contributed by atoms with E-state index in [-0.39, 0.29) is 6.04 Å². The van der Waals surface area contributed by atoms with Crippen LogP contribution in [0.15, 0.2) is 53.4 Å². The molecule has 0 bridgehead atoms. The van der Waals surface area contributed by atoms with Gasteiger partial charge in [-0.3, -0.25) is 4.90 Å². The molecule has 0 aliphatic carbocycles. The van der Waals surface area contributed by atoms with E-state index in [0.717, 1.165) is 18.7 Å². The van der Waals surface area contributed by atoms with Crippen LogP contribution in [0.25, 0.3) is 0 Å². The van der Waals surface area contributed by atoms with Crippen LogP contribution in [0.5, 0.6) is 5.75 Å². The second-order valence-electron chi connectivity index (χ2n) is 6.66. The molecule has 140 valence electrons. The fraction of sp³-hybridized carbons (Fsp3) is 0.400. The van der Waals surface area contributed by atoms with Crippen molar-refractivity contribution >= 4 is 10.0 Å². The van der Waals surface area contributed by atoms with E-state index in [1.54, 1.807) is 29.6 Å². The van der Waals surface area contributed by atoms with Crippen molar-refractivity contribution in [3.05, 3.63) is 59.7 Å². The molecule has 1 aliphatic heterocycles. The zero-order valence-corrected chi connectivity index (χ0v) is 16.4. The summed E-state index contributed by atoms with van der Waals surface area (Å²) in [4.78, 5) is 2.67. The largest absolute Gasteiger partial charge is 0.496 e. The smallest absolute Gasteiger partial charge is 0.243 e. The molecule has 0 N–H and O–H groups in total. The molecule has 1 heterocycles. The molecule has 2 aromatic rings. The molecule has 0 aromatic heterocycles. The Morgan fingerprint density at radius 3 is 2.23 bits per heavy atom. The third-order valence-corrected chi connectivity index (χ3v) is 7.00. The maximum absolute atomic E-state index is 13.0. The van der Waals surface area contributed by atoms with E-state index in [4.69, 9.17) is 4.74 Å². The van der Waals surface area contributed by atoms with Gasteiger partial charge in [0, 0.05) is 32.2 Å². The van der Waals surface area contributed by atoms with Crippen molar-refractivity contribution in [2.24, 2.45) is 0 Å². The lowest BCUT2D eigenvalue weighted by atomic mass is 10.1. The maximum atomic E-state index is 13.0. The predicted octanol–water partition coefficient (Wildman–Crippen LogP) is 3.07. The van der Waals surface area contributed by atoms with Crippen LogP contribution in [0.4, 0.5) is 0 Å². The maximum Gasteiger partial charge on any atom is 0.243 e. The zero-order chi connectivity index (χ0) is 18.7.